The van der Waals surface area contributed by atoms with Gasteiger partial charge in [0, 0.05) is 5.92 Å². The van der Waals surface area contributed by atoms with Crippen LogP contribution in [0.15, 0.2) is 11.6 Å². The number of esters is 2. The van der Waals surface area contributed by atoms with Crippen LogP contribution in [0.3, 0.4) is 0 Å². The number of ether oxygens (including phenoxy) is 2. The van der Waals surface area contributed by atoms with Crippen molar-refractivity contribution in [2.45, 2.75) is 19.8 Å². The number of hydrogen-bond donors (Lipinski definition) is 0. The van der Waals surface area contributed by atoms with Gasteiger partial charge in [-0.2, -0.15) is 0 Å². The molecular formula is C12H16O4. The van der Waals surface area contributed by atoms with Gasteiger partial charge in [0.15, 0.2) is 0 Å². The van der Waals surface area contributed by atoms with E-state index >= 15 is 0 Å². The van der Waals surface area contributed by atoms with Crippen molar-refractivity contribution in [1.82, 2.24) is 0 Å². The van der Waals surface area contributed by atoms with Crippen molar-refractivity contribution in [3.63, 3.8) is 0 Å². The Labute approximate surface area is 94.6 Å². The van der Waals surface area contributed by atoms with Gasteiger partial charge in [0.25, 0.3) is 0 Å². The molecule has 0 N–H and O–H groups in total. The Morgan fingerprint density at radius 3 is 3.00 bits per heavy atom. The molecule has 0 amide bonds. The Hall–Kier alpha value is -1.32. The molecule has 0 bridgehead atoms. The van der Waals surface area contributed by atoms with Crippen molar-refractivity contribution in [3.05, 3.63) is 11.6 Å². The standard InChI is InChI=1S/C12H16O4/c1-3-7-4-8-6-16-12(14)10(8)9(5-7)11(13)15-2/h4,8-10H,3,5-6H2,1-2H3/t8-,9-,10+/m1/s1. The lowest BCUT2D eigenvalue weighted by Crippen LogP contribution is -2.34. The lowest BCUT2D eigenvalue weighted by atomic mass is 9.74. The molecule has 1 fully saturated rings. The zero-order valence-corrected chi connectivity index (χ0v) is 9.56. The van der Waals surface area contributed by atoms with Crippen LogP contribution in [-0.4, -0.2) is 25.7 Å². The van der Waals surface area contributed by atoms with Crippen LogP contribution in [0.4, 0.5) is 0 Å². The second-order valence-electron chi connectivity index (χ2n) is 4.33. The highest BCUT2D eigenvalue weighted by Crippen LogP contribution is 2.40. The van der Waals surface area contributed by atoms with Crippen LogP contribution in [0, 0.1) is 17.8 Å². The Morgan fingerprint density at radius 2 is 2.38 bits per heavy atom. The third kappa shape index (κ3) is 1.72. The molecule has 88 valence electrons. The average Bonchev–Trinajstić information content (AvgIpc) is 2.69. The van der Waals surface area contributed by atoms with Crippen LogP contribution in [0.25, 0.3) is 0 Å². The maximum absolute atomic E-state index is 11.7. The number of methoxy groups -OCH3 is 1. The number of rotatable bonds is 2. The molecule has 2 rings (SSSR count). The predicted octanol–water partition coefficient (Wildman–Crippen LogP) is 1.30. The first kappa shape index (κ1) is 11.2. The quantitative estimate of drug-likeness (QED) is 0.524. The largest absolute Gasteiger partial charge is 0.469 e. The lowest BCUT2D eigenvalue weighted by molar-refractivity contribution is -0.154. The predicted molar refractivity (Wildman–Crippen MR) is 56.4 cm³/mol. The third-order valence-corrected chi connectivity index (χ3v) is 3.47. The minimum absolute atomic E-state index is 0.0558. The van der Waals surface area contributed by atoms with E-state index in [9.17, 15) is 9.59 Å². The number of fused-ring (bicyclic) bond motifs is 1. The summed E-state index contributed by atoms with van der Waals surface area (Å²) in [4.78, 5) is 23.2. The Kier molecular flexibility index (Phi) is 2.99. The van der Waals surface area contributed by atoms with Crippen molar-refractivity contribution in [2.75, 3.05) is 13.7 Å². The molecule has 0 aromatic rings. The molecule has 2 aliphatic rings. The second kappa shape index (κ2) is 4.28. The van der Waals surface area contributed by atoms with Gasteiger partial charge in [0.2, 0.25) is 0 Å². The molecule has 3 atom stereocenters. The van der Waals surface area contributed by atoms with Crippen molar-refractivity contribution >= 4 is 11.9 Å². The van der Waals surface area contributed by atoms with Crippen molar-refractivity contribution in [1.29, 1.82) is 0 Å². The normalized spacial score (nSPS) is 32.8. The fraction of sp³-hybridized carbons (Fsp3) is 0.667. The van der Waals surface area contributed by atoms with Gasteiger partial charge in [0.1, 0.15) is 0 Å². The monoisotopic (exact) mass is 224 g/mol. The smallest absolute Gasteiger partial charge is 0.310 e. The molecule has 1 heterocycles. The van der Waals surface area contributed by atoms with E-state index in [1.54, 1.807) is 0 Å². The number of hydrogen-bond acceptors (Lipinski definition) is 4. The van der Waals surface area contributed by atoms with E-state index in [1.807, 2.05) is 0 Å². The van der Waals surface area contributed by atoms with E-state index in [-0.39, 0.29) is 29.7 Å². The van der Waals surface area contributed by atoms with E-state index < -0.39 is 0 Å². The second-order valence-corrected chi connectivity index (χ2v) is 4.33. The maximum atomic E-state index is 11.7. The Morgan fingerprint density at radius 1 is 1.62 bits per heavy atom. The fourth-order valence-electron chi connectivity index (χ4n) is 2.59. The highest BCUT2D eigenvalue weighted by atomic mass is 16.5. The summed E-state index contributed by atoms with van der Waals surface area (Å²) in [5.74, 6) is -1.19. The molecule has 1 aliphatic heterocycles. The number of carbonyl (C=O) groups excluding carboxylic acids is 2. The molecule has 4 nitrogen and oxygen atoms in total. The highest BCUT2D eigenvalue weighted by Gasteiger charge is 2.47. The van der Waals surface area contributed by atoms with Crippen LogP contribution in [0.2, 0.25) is 0 Å². The maximum Gasteiger partial charge on any atom is 0.310 e. The zero-order chi connectivity index (χ0) is 11.7. The number of cyclic esters (lactones) is 1. The Bertz CT molecular complexity index is 345. The van der Waals surface area contributed by atoms with E-state index in [2.05, 4.69) is 13.0 Å². The van der Waals surface area contributed by atoms with Gasteiger partial charge < -0.3 is 9.47 Å². The first-order valence-corrected chi connectivity index (χ1v) is 5.61. The minimum atomic E-state index is -0.357. The lowest BCUT2D eigenvalue weighted by Gasteiger charge is -2.27. The molecule has 0 radical (unpaired) electrons. The van der Waals surface area contributed by atoms with Gasteiger partial charge in [0.05, 0.1) is 25.6 Å². The van der Waals surface area contributed by atoms with Gasteiger partial charge in [-0.25, -0.2) is 0 Å². The van der Waals surface area contributed by atoms with Gasteiger partial charge in [-0.05, 0) is 12.8 Å². The van der Waals surface area contributed by atoms with E-state index in [1.165, 1.54) is 12.7 Å². The topological polar surface area (TPSA) is 52.6 Å². The summed E-state index contributed by atoms with van der Waals surface area (Å²) in [5, 5.41) is 0. The molecule has 0 spiro atoms. The van der Waals surface area contributed by atoms with Crippen molar-refractivity contribution < 1.29 is 19.1 Å². The SMILES string of the molecule is CCC1=C[C@@H]2COC(=O)[C@@H]2[C@H](C(=O)OC)C1. The molecule has 4 heteroatoms. The van der Waals surface area contributed by atoms with Gasteiger partial charge >= 0.3 is 11.9 Å². The van der Waals surface area contributed by atoms with Gasteiger partial charge in [-0.15, -0.1) is 0 Å². The average molecular weight is 224 g/mol. The molecule has 1 aliphatic carbocycles. The highest BCUT2D eigenvalue weighted by molar-refractivity contribution is 5.84. The van der Waals surface area contributed by atoms with E-state index in [4.69, 9.17) is 9.47 Å². The first-order valence-electron chi connectivity index (χ1n) is 5.61. The fourth-order valence-corrected chi connectivity index (χ4v) is 2.59. The van der Waals surface area contributed by atoms with Crippen LogP contribution < -0.4 is 0 Å². The molecule has 0 unspecified atom stereocenters. The summed E-state index contributed by atoms with van der Waals surface area (Å²) in [7, 11) is 1.36. The summed E-state index contributed by atoms with van der Waals surface area (Å²) in [6, 6.07) is 0. The summed E-state index contributed by atoms with van der Waals surface area (Å²) in [6.45, 7) is 2.46. The molecule has 0 aromatic heterocycles. The van der Waals surface area contributed by atoms with E-state index in [0.717, 1.165) is 6.42 Å². The summed E-state index contributed by atoms with van der Waals surface area (Å²) in [5.41, 5.74) is 1.22. The van der Waals surface area contributed by atoms with Gasteiger partial charge in [-0.3, -0.25) is 9.59 Å². The van der Waals surface area contributed by atoms with Crippen LogP contribution in [0.5, 0.6) is 0 Å². The Balaban J connectivity index is 2.27. The van der Waals surface area contributed by atoms with Crippen molar-refractivity contribution in [3.8, 4) is 0 Å². The molecule has 0 saturated carbocycles. The summed E-state index contributed by atoms with van der Waals surface area (Å²) in [6.07, 6.45) is 3.62. The van der Waals surface area contributed by atoms with Crippen molar-refractivity contribution in [2.24, 2.45) is 17.8 Å². The molecule has 1 saturated heterocycles. The molecule has 16 heavy (non-hydrogen) atoms. The van der Waals surface area contributed by atoms with Gasteiger partial charge in [-0.1, -0.05) is 18.6 Å². The molecular weight excluding hydrogens is 208 g/mol. The molecule has 0 aromatic carbocycles. The van der Waals surface area contributed by atoms with E-state index in [0.29, 0.717) is 13.0 Å². The summed E-state index contributed by atoms with van der Waals surface area (Å²) < 4.78 is 9.79. The van der Waals surface area contributed by atoms with Crippen LogP contribution >= 0.6 is 0 Å². The minimum Gasteiger partial charge on any atom is -0.469 e. The van der Waals surface area contributed by atoms with Crippen LogP contribution in [0.1, 0.15) is 19.8 Å². The number of allylic oxidation sites excluding steroid dienone is 1. The summed E-state index contributed by atoms with van der Waals surface area (Å²) >= 11 is 0. The first-order chi connectivity index (χ1) is 7.67. The zero-order valence-electron chi connectivity index (χ0n) is 9.56. The number of carbonyl (C=O) groups is 2. The third-order valence-electron chi connectivity index (χ3n) is 3.47. The van der Waals surface area contributed by atoms with Crippen LogP contribution in [-0.2, 0) is 19.1 Å².